The maximum absolute atomic E-state index is 12.6. The van der Waals surface area contributed by atoms with Gasteiger partial charge in [-0.25, -0.2) is 13.4 Å². The van der Waals surface area contributed by atoms with Crippen molar-refractivity contribution < 1.29 is 8.42 Å². The Hall–Kier alpha value is -0.890. The van der Waals surface area contributed by atoms with Crippen LogP contribution in [0.4, 0.5) is 5.82 Å². The van der Waals surface area contributed by atoms with Crippen molar-refractivity contribution >= 4 is 27.4 Å². The summed E-state index contributed by atoms with van der Waals surface area (Å²) in [7, 11) is -1.84. The van der Waals surface area contributed by atoms with E-state index in [1.807, 2.05) is 0 Å². The van der Waals surface area contributed by atoms with Crippen molar-refractivity contribution in [2.24, 2.45) is 0 Å². The van der Waals surface area contributed by atoms with Gasteiger partial charge in [-0.2, -0.15) is 4.31 Å². The zero-order valence-corrected chi connectivity index (χ0v) is 12.2. The standard InChI is InChI=1S/C11H17ClN4O2S/c1-14-7-9-3-2-4-16(9)19(17,18)10-5-8(12)6-15-11(10)13/h5-6,9,14H,2-4,7H2,1H3,(H2,13,15)/t9-/m0/s1. The quantitative estimate of drug-likeness (QED) is 0.854. The molecule has 1 aliphatic rings. The number of hydrogen-bond acceptors (Lipinski definition) is 5. The second-order valence-corrected chi connectivity index (χ2v) is 6.80. The minimum Gasteiger partial charge on any atom is -0.383 e. The Labute approximate surface area is 118 Å². The highest BCUT2D eigenvalue weighted by Crippen LogP contribution is 2.29. The van der Waals surface area contributed by atoms with Gasteiger partial charge in [-0.3, -0.25) is 0 Å². The highest BCUT2D eigenvalue weighted by molar-refractivity contribution is 7.89. The third kappa shape index (κ3) is 2.84. The Morgan fingerprint density at radius 3 is 3.05 bits per heavy atom. The van der Waals surface area contributed by atoms with E-state index in [1.54, 1.807) is 7.05 Å². The summed E-state index contributed by atoms with van der Waals surface area (Å²) in [5, 5.41) is 3.27. The molecule has 106 valence electrons. The number of anilines is 1. The molecule has 0 aliphatic carbocycles. The zero-order chi connectivity index (χ0) is 14.0. The van der Waals surface area contributed by atoms with Gasteiger partial charge in [0.15, 0.2) is 0 Å². The third-order valence-corrected chi connectivity index (χ3v) is 5.39. The van der Waals surface area contributed by atoms with Crippen LogP contribution in [0.2, 0.25) is 5.02 Å². The molecule has 1 atom stereocenters. The number of halogens is 1. The van der Waals surface area contributed by atoms with Gasteiger partial charge in [-0.05, 0) is 26.0 Å². The summed E-state index contributed by atoms with van der Waals surface area (Å²) in [6.07, 6.45) is 3.03. The predicted octanol–water partition coefficient (Wildman–Crippen LogP) is 0.690. The van der Waals surface area contributed by atoms with Crippen molar-refractivity contribution in [3.05, 3.63) is 17.3 Å². The first-order valence-corrected chi connectivity index (χ1v) is 7.86. The van der Waals surface area contributed by atoms with Gasteiger partial charge in [0, 0.05) is 25.3 Å². The Bertz CT molecular complexity index is 564. The SMILES string of the molecule is CNC[C@@H]1CCCN1S(=O)(=O)c1cc(Cl)cnc1N. The first-order chi connectivity index (χ1) is 8.96. The lowest BCUT2D eigenvalue weighted by Crippen LogP contribution is -2.41. The largest absolute Gasteiger partial charge is 0.383 e. The number of pyridine rings is 1. The molecule has 0 aromatic carbocycles. The van der Waals surface area contributed by atoms with Crippen molar-refractivity contribution in [1.29, 1.82) is 0 Å². The molecule has 1 fully saturated rings. The Morgan fingerprint density at radius 1 is 1.63 bits per heavy atom. The Kier molecular flexibility index (Phi) is 4.29. The van der Waals surface area contributed by atoms with Crippen molar-refractivity contribution in [3.8, 4) is 0 Å². The number of aromatic nitrogens is 1. The molecule has 0 saturated carbocycles. The van der Waals surface area contributed by atoms with Crippen LogP contribution in [0.3, 0.4) is 0 Å². The summed E-state index contributed by atoms with van der Waals surface area (Å²) in [5.74, 6) is -0.0143. The average molecular weight is 305 g/mol. The minimum absolute atomic E-state index is 0.0111. The molecular weight excluding hydrogens is 288 g/mol. The predicted molar refractivity (Wildman–Crippen MR) is 74.5 cm³/mol. The van der Waals surface area contributed by atoms with Crippen LogP contribution in [0.1, 0.15) is 12.8 Å². The number of hydrogen-bond donors (Lipinski definition) is 2. The number of nitrogens with two attached hydrogens (primary N) is 1. The molecule has 1 aromatic rings. The summed E-state index contributed by atoms with van der Waals surface area (Å²) < 4.78 is 26.7. The molecule has 3 N–H and O–H groups in total. The zero-order valence-electron chi connectivity index (χ0n) is 10.6. The van der Waals surface area contributed by atoms with Crippen LogP contribution in [0, 0.1) is 0 Å². The highest BCUT2D eigenvalue weighted by Gasteiger charge is 2.36. The van der Waals surface area contributed by atoms with E-state index in [0.29, 0.717) is 13.1 Å². The van der Waals surface area contributed by atoms with Crippen LogP contribution in [-0.2, 0) is 10.0 Å². The topological polar surface area (TPSA) is 88.3 Å². The summed E-state index contributed by atoms with van der Waals surface area (Å²) in [4.78, 5) is 3.80. The van der Waals surface area contributed by atoms with E-state index in [4.69, 9.17) is 17.3 Å². The van der Waals surface area contributed by atoms with Crippen LogP contribution in [0.25, 0.3) is 0 Å². The smallest absolute Gasteiger partial charge is 0.247 e. The third-order valence-electron chi connectivity index (χ3n) is 3.20. The van der Waals surface area contributed by atoms with Crippen LogP contribution in [0.15, 0.2) is 17.2 Å². The molecule has 0 unspecified atom stereocenters. The van der Waals surface area contributed by atoms with E-state index in [1.165, 1.54) is 16.6 Å². The number of likely N-dealkylation sites (N-methyl/N-ethyl adjacent to an activating group) is 1. The van der Waals surface area contributed by atoms with Crippen molar-refractivity contribution in [3.63, 3.8) is 0 Å². The second kappa shape index (κ2) is 5.62. The fourth-order valence-corrected chi connectivity index (χ4v) is 4.34. The molecule has 19 heavy (non-hydrogen) atoms. The summed E-state index contributed by atoms with van der Waals surface area (Å²) in [6.45, 7) is 1.12. The van der Waals surface area contributed by atoms with Crippen LogP contribution in [0.5, 0.6) is 0 Å². The molecule has 0 radical (unpaired) electrons. The lowest BCUT2D eigenvalue weighted by Gasteiger charge is -2.24. The minimum atomic E-state index is -3.64. The fourth-order valence-electron chi connectivity index (χ4n) is 2.33. The molecule has 8 heteroatoms. The van der Waals surface area contributed by atoms with E-state index in [0.717, 1.165) is 12.8 Å². The molecule has 0 bridgehead atoms. The lowest BCUT2D eigenvalue weighted by atomic mass is 10.2. The Balaban J connectivity index is 2.39. The number of rotatable bonds is 4. The fraction of sp³-hybridized carbons (Fsp3) is 0.545. The molecule has 1 saturated heterocycles. The number of sulfonamides is 1. The maximum Gasteiger partial charge on any atom is 0.247 e. The number of nitrogens with zero attached hydrogens (tertiary/aromatic N) is 2. The monoisotopic (exact) mass is 304 g/mol. The van der Waals surface area contributed by atoms with Crippen LogP contribution >= 0.6 is 11.6 Å². The molecule has 1 aromatic heterocycles. The average Bonchev–Trinajstić information content (AvgIpc) is 2.81. The van der Waals surface area contributed by atoms with Gasteiger partial charge in [0.05, 0.1) is 5.02 Å². The van der Waals surface area contributed by atoms with Gasteiger partial charge < -0.3 is 11.1 Å². The number of nitrogen functional groups attached to an aromatic ring is 1. The van der Waals surface area contributed by atoms with Gasteiger partial charge in [0.1, 0.15) is 10.7 Å². The summed E-state index contributed by atoms with van der Waals surface area (Å²) >= 11 is 5.81. The summed E-state index contributed by atoms with van der Waals surface area (Å²) in [5.41, 5.74) is 5.67. The van der Waals surface area contributed by atoms with Gasteiger partial charge in [0.2, 0.25) is 10.0 Å². The van der Waals surface area contributed by atoms with Crippen LogP contribution < -0.4 is 11.1 Å². The van der Waals surface area contributed by atoms with E-state index in [9.17, 15) is 8.42 Å². The van der Waals surface area contributed by atoms with E-state index < -0.39 is 10.0 Å². The van der Waals surface area contributed by atoms with E-state index in [-0.39, 0.29) is 21.8 Å². The van der Waals surface area contributed by atoms with Crippen molar-refractivity contribution in [2.75, 3.05) is 25.9 Å². The van der Waals surface area contributed by atoms with E-state index >= 15 is 0 Å². The lowest BCUT2D eigenvalue weighted by molar-refractivity contribution is 0.379. The first-order valence-electron chi connectivity index (χ1n) is 6.04. The number of nitrogens with one attached hydrogen (secondary N) is 1. The molecule has 0 spiro atoms. The van der Waals surface area contributed by atoms with Crippen LogP contribution in [-0.4, -0.2) is 43.9 Å². The van der Waals surface area contributed by atoms with Crippen molar-refractivity contribution in [2.45, 2.75) is 23.8 Å². The molecule has 1 aliphatic heterocycles. The molecule has 6 nitrogen and oxygen atoms in total. The molecular formula is C11H17ClN4O2S. The molecule has 0 amide bonds. The van der Waals surface area contributed by atoms with E-state index in [2.05, 4.69) is 10.3 Å². The molecule has 2 heterocycles. The Morgan fingerprint density at radius 2 is 2.37 bits per heavy atom. The van der Waals surface area contributed by atoms with Gasteiger partial charge >= 0.3 is 0 Å². The highest BCUT2D eigenvalue weighted by atomic mass is 35.5. The summed E-state index contributed by atoms with van der Waals surface area (Å²) in [6, 6.07) is 1.31. The van der Waals surface area contributed by atoms with Crippen molar-refractivity contribution in [1.82, 2.24) is 14.6 Å². The normalized spacial score (nSPS) is 20.8. The van der Waals surface area contributed by atoms with Gasteiger partial charge in [-0.1, -0.05) is 11.6 Å². The van der Waals surface area contributed by atoms with Gasteiger partial charge in [-0.15, -0.1) is 0 Å². The molecule has 2 rings (SSSR count). The first kappa shape index (κ1) is 14.5. The maximum atomic E-state index is 12.6. The van der Waals surface area contributed by atoms with Gasteiger partial charge in [0.25, 0.3) is 0 Å². The second-order valence-electron chi connectivity index (χ2n) is 4.51.